The lowest BCUT2D eigenvalue weighted by Crippen LogP contribution is -2.17. The number of benzene rings is 3. The number of hydrogen-bond acceptors (Lipinski definition) is 4. The van der Waals surface area contributed by atoms with Gasteiger partial charge in [-0.25, -0.2) is 5.43 Å². The van der Waals surface area contributed by atoms with Gasteiger partial charge in [-0.2, -0.15) is 5.10 Å². The van der Waals surface area contributed by atoms with Crippen LogP contribution in [0.1, 0.15) is 28.4 Å². The van der Waals surface area contributed by atoms with E-state index in [1.165, 1.54) is 0 Å². The van der Waals surface area contributed by atoms with Crippen LogP contribution in [-0.2, 0) is 6.61 Å². The van der Waals surface area contributed by atoms with E-state index >= 15 is 0 Å². The predicted octanol–water partition coefficient (Wildman–Crippen LogP) is 4.43. The second kappa shape index (κ2) is 9.92. The van der Waals surface area contributed by atoms with E-state index in [9.17, 15) is 4.79 Å². The Morgan fingerprint density at radius 1 is 0.929 bits per heavy atom. The number of carbonyl (C=O) groups excluding carboxylic acids is 1. The summed E-state index contributed by atoms with van der Waals surface area (Å²) in [5, 5.41) is 4.02. The Bertz CT molecular complexity index is 922. The molecule has 5 nitrogen and oxygen atoms in total. The zero-order valence-corrected chi connectivity index (χ0v) is 15.7. The highest BCUT2D eigenvalue weighted by Crippen LogP contribution is 2.16. The van der Waals surface area contributed by atoms with E-state index < -0.39 is 0 Å². The molecule has 3 rings (SSSR count). The van der Waals surface area contributed by atoms with E-state index in [1.54, 1.807) is 30.5 Å². The van der Waals surface area contributed by atoms with Crippen molar-refractivity contribution in [2.75, 3.05) is 6.61 Å². The average Bonchev–Trinajstić information content (AvgIpc) is 2.75. The molecule has 0 saturated carbocycles. The molecule has 0 heterocycles. The van der Waals surface area contributed by atoms with Gasteiger partial charge in [-0.1, -0.05) is 42.5 Å². The predicted molar refractivity (Wildman–Crippen MR) is 110 cm³/mol. The number of para-hydroxylation sites is 1. The van der Waals surface area contributed by atoms with E-state index in [1.807, 2.05) is 61.5 Å². The third-order valence-electron chi connectivity index (χ3n) is 3.95. The van der Waals surface area contributed by atoms with Gasteiger partial charge < -0.3 is 9.47 Å². The Labute approximate surface area is 164 Å². The van der Waals surface area contributed by atoms with Crippen molar-refractivity contribution < 1.29 is 14.3 Å². The van der Waals surface area contributed by atoms with Crippen LogP contribution in [0.25, 0.3) is 0 Å². The largest absolute Gasteiger partial charge is 0.493 e. The summed E-state index contributed by atoms with van der Waals surface area (Å²) in [6.45, 7) is 2.97. The summed E-state index contributed by atoms with van der Waals surface area (Å²) in [6, 6.07) is 24.4. The summed E-state index contributed by atoms with van der Waals surface area (Å²) in [5.74, 6) is 1.14. The molecule has 1 N–H and O–H groups in total. The molecule has 3 aromatic carbocycles. The topological polar surface area (TPSA) is 59.9 Å². The molecular weight excluding hydrogens is 352 g/mol. The number of hydrogen-bond donors (Lipinski definition) is 1. The van der Waals surface area contributed by atoms with Crippen LogP contribution in [0.5, 0.6) is 11.5 Å². The molecule has 0 radical (unpaired) electrons. The highest BCUT2D eigenvalue weighted by molar-refractivity contribution is 5.95. The minimum Gasteiger partial charge on any atom is -0.493 e. The molecule has 142 valence electrons. The second-order valence-corrected chi connectivity index (χ2v) is 5.97. The molecule has 0 aliphatic heterocycles. The molecule has 0 atom stereocenters. The second-order valence-electron chi connectivity index (χ2n) is 5.97. The summed E-state index contributed by atoms with van der Waals surface area (Å²) in [5.41, 5.74) is 4.92. The maximum atomic E-state index is 12.2. The van der Waals surface area contributed by atoms with Crippen LogP contribution in [0, 0.1) is 0 Å². The van der Waals surface area contributed by atoms with Gasteiger partial charge in [-0.05, 0) is 48.9 Å². The molecule has 0 spiro atoms. The summed E-state index contributed by atoms with van der Waals surface area (Å²) < 4.78 is 11.3. The van der Waals surface area contributed by atoms with Crippen molar-refractivity contribution in [1.82, 2.24) is 5.43 Å². The lowest BCUT2D eigenvalue weighted by molar-refractivity contribution is 0.0955. The molecule has 5 heteroatoms. The van der Waals surface area contributed by atoms with Crippen LogP contribution < -0.4 is 14.9 Å². The van der Waals surface area contributed by atoms with E-state index in [0.717, 1.165) is 16.9 Å². The van der Waals surface area contributed by atoms with E-state index in [2.05, 4.69) is 10.5 Å². The van der Waals surface area contributed by atoms with Crippen molar-refractivity contribution in [3.63, 3.8) is 0 Å². The fraction of sp³-hybridized carbons (Fsp3) is 0.130. The maximum absolute atomic E-state index is 12.2. The Hall–Kier alpha value is -3.60. The first-order valence-electron chi connectivity index (χ1n) is 9.08. The average molecular weight is 374 g/mol. The van der Waals surface area contributed by atoms with Gasteiger partial charge >= 0.3 is 0 Å². The lowest BCUT2D eigenvalue weighted by Gasteiger charge is -2.07. The third-order valence-corrected chi connectivity index (χ3v) is 3.95. The summed E-state index contributed by atoms with van der Waals surface area (Å²) in [6.07, 6.45) is 1.57. The van der Waals surface area contributed by atoms with Gasteiger partial charge in [0.25, 0.3) is 5.91 Å². The van der Waals surface area contributed by atoms with Crippen molar-refractivity contribution >= 4 is 12.1 Å². The highest BCUT2D eigenvalue weighted by Gasteiger charge is 2.05. The Morgan fingerprint density at radius 2 is 1.64 bits per heavy atom. The van der Waals surface area contributed by atoms with Crippen LogP contribution in [0.15, 0.2) is 84.0 Å². The van der Waals surface area contributed by atoms with Crippen molar-refractivity contribution in [2.45, 2.75) is 13.5 Å². The number of rotatable bonds is 8. The van der Waals surface area contributed by atoms with E-state index in [0.29, 0.717) is 24.5 Å². The fourth-order valence-corrected chi connectivity index (χ4v) is 2.54. The molecule has 0 bridgehead atoms. The molecule has 0 saturated heterocycles. The van der Waals surface area contributed by atoms with Gasteiger partial charge in [-0.3, -0.25) is 4.79 Å². The molecule has 0 aliphatic rings. The van der Waals surface area contributed by atoms with Crippen LogP contribution in [-0.4, -0.2) is 18.7 Å². The van der Waals surface area contributed by atoms with Crippen molar-refractivity contribution in [1.29, 1.82) is 0 Å². The number of carbonyl (C=O) groups is 1. The quantitative estimate of drug-likeness (QED) is 0.469. The van der Waals surface area contributed by atoms with Gasteiger partial charge in [0.1, 0.15) is 18.1 Å². The van der Waals surface area contributed by atoms with Crippen LogP contribution in [0.4, 0.5) is 0 Å². The first-order valence-corrected chi connectivity index (χ1v) is 9.08. The SMILES string of the molecule is CCOc1ccccc1C=NNC(=O)c1ccc(OCc2ccccc2)cc1. The molecule has 0 fully saturated rings. The van der Waals surface area contributed by atoms with Gasteiger partial charge in [0.2, 0.25) is 0 Å². The number of amides is 1. The molecule has 28 heavy (non-hydrogen) atoms. The molecule has 3 aromatic rings. The molecule has 1 amide bonds. The number of nitrogens with zero attached hydrogens (tertiary/aromatic N) is 1. The molecular formula is C23H22N2O3. The molecule has 0 aliphatic carbocycles. The summed E-state index contributed by atoms with van der Waals surface area (Å²) in [7, 11) is 0. The fourth-order valence-electron chi connectivity index (χ4n) is 2.54. The first-order chi connectivity index (χ1) is 13.8. The smallest absolute Gasteiger partial charge is 0.271 e. The zero-order valence-electron chi connectivity index (χ0n) is 15.7. The zero-order chi connectivity index (χ0) is 19.6. The van der Waals surface area contributed by atoms with Crippen molar-refractivity contribution in [2.24, 2.45) is 5.10 Å². The summed E-state index contributed by atoms with van der Waals surface area (Å²) >= 11 is 0. The minimum absolute atomic E-state index is 0.292. The van der Waals surface area contributed by atoms with Gasteiger partial charge in [0.05, 0.1) is 12.8 Å². The Balaban J connectivity index is 1.55. The first kappa shape index (κ1) is 19.2. The third kappa shape index (κ3) is 5.45. The molecule has 0 unspecified atom stereocenters. The minimum atomic E-state index is -0.292. The van der Waals surface area contributed by atoms with E-state index in [-0.39, 0.29) is 5.91 Å². The van der Waals surface area contributed by atoms with Crippen molar-refractivity contribution in [3.05, 3.63) is 95.6 Å². The maximum Gasteiger partial charge on any atom is 0.271 e. The monoisotopic (exact) mass is 374 g/mol. The van der Waals surface area contributed by atoms with Crippen LogP contribution in [0.2, 0.25) is 0 Å². The number of hydrazone groups is 1. The Kier molecular flexibility index (Phi) is 6.79. The van der Waals surface area contributed by atoms with Crippen molar-refractivity contribution in [3.8, 4) is 11.5 Å². The number of nitrogens with one attached hydrogen (secondary N) is 1. The Morgan fingerprint density at radius 3 is 2.39 bits per heavy atom. The van der Waals surface area contributed by atoms with Crippen LogP contribution >= 0.6 is 0 Å². The van der Waals surface area contributed by atoms with Gasteiger partial charge in [-0.15, -0.1) is 0 Å². The molecule has 0 aromatic heterocycles. The van der Waals surface area contributed by atoms with Crippen LogP contribution in [0.3, 0.4) is 0 Å². The normalized spacial score (nSPS) is 10.6. The highest BCUT2D eigenvalue weighted by atomic mass is 16.5. The number of ether oxygens (including phenoxy) is 2. The summed E-state index contributed by atoms with van der Waals surface area (Å²) in [4.78, 5) is 12.2. The lowest BCUT2D eigenvalue weighted by atomic mass is 10.2. The standard InChI is InChI=1S/C23H22N2O3/c1-2-27-22-11-7-6-10-20(22)16-24-25-23(26)19-12-14-21(15-13-19)28-17-18-8-4-3-5-9-18/h3-16H,2,17H2,1H3,(H,25,26). The van der Waals surface area contributed by atoms with E-state index in [4.69, 9.17) is 9.47 Å². The van der Waals surface area contributed by atoms with Gasteiger partial charge in [0.15, 0.2) is 0 Å². The van der Waals surface area contributed by atoms with Gasteiger partial charge in [0, 0.05) is 11.1 Å².